The molecule has 0 spiro atoms. The van der Waals surface area contributed by atoms with E-state index in [1.807, 2.05) is 0 Å². The molecule has 0 bridgehead atoms. The van der Waals surface area contributed by atoms with Crippen LogP contribution in [0.3, 0.4) is 0 Å². The lowest BCUT2D eigenvalue weighted by atomic mass is 10.2. The molecule has 0 radical (unpaired) electrons. The number of alkyl halides is 3. The van der Waals surface area contributed by atoms with Crippen LogP contribution >= 0.6 is 11.3 Å². The van der Waals surface area contributed by atoms with Gasteiger partial charge >= 0.3 is 6.18 Å². The summed E-state index contributed by atoms with van der Waals surface area (Å²) in [4.78, 5) is 3.81. The van der Waals surface area contributed by atoms with Gasteiger partial charge in [-0.1, -0.05) is 0 Å². The lowest BCUT2D eigenvalue weighted by Crippen LogP contribution is -2.05. The zero-order valence-electron chi connectivity index (χ0n) is 7.52. The molecule has 0 amide bonds. The van der Waals surface area contributed by atoms with Gasteiger partial charge in [-0.3, -0.25) is 0 Å². The first-order chi connectivity index (χ1) is 6.88. The van der Waals surface area contributed by atoms with E-state index in [1.165, 1.54) is 0 Å². The Hall–Kier alpha value is -1.17. The Morgan fingerprint density at radius 3 is 2.53 bits per heavy atom. The predicted molar refractivity (Wildman–Crippen MR) is 49.3 cm³/mol. The molecule has 2 aromatic rings. The zero-order chi connectivity index (χ0) is 11.2. The van der Waals surface area contributed by atoms with Gasteiger partial charge in [0.25, 0.3) is 0 Å². The van der Waals surface area contributed by atoms with E-state index in [0.717, 1.165) is 17.4 Å². The molecular weight excluding hydrogens is 230 g/mol. The number of thiazole rings is 1. The molecule has 0 aliphatic carbocycles. The molecule has 1 nitrogen and oxygen atoms in total. The van der Waals surface area contributed by atoms with Crippen molar-refractivity contribution >= 4 is 21.6 Å². The molecule has 1 heterocycles. The highest BCUT2D eigenvalue weighted by atomic mass is 32.1. The number of benzene rings is 1. The van der Waals surface area contributed by atoms with Crippen LogP contribution in [-0.4, -0.2) is 4.98 Å². The number of rotatable bonds is 0. The minimum Gasteiger partial charge on any atom is -0.238 e. The molecule has 0 N–H and O–H groups in total. The van der Waals surface area contributed by atoms with Crippen molar-refractivity contribution in [3.63, 3.8) is 0 Å². The van der Waals surface area contributed by atoms with Crippen LogP contribution in [0.15, 0.2) is 12.1 Å². The number of hydrogen-bond donors (Lipinski definition) is 0. The molecule has 15 heavy (non-hydrogen) atoms. The molecule has 2 rings (SSSR count). The summed E-state index contributed by atoms with van der Waals surface area (Å²) in [6.07, 6.45) is -4.52. The number of aryl methyl sites for hydroxylation is 1. The first-order valence-corrected chi connectivity index (χ1v) is 4.83. The van der Waals surface area contributed by atoms with Gasteiger partial charge in [0.15, 0.2) is 5.82 Å². The van der Waals surface area contributed by atoms with Gasteiger partial charge in [-0.15, -0.1) is 11.3 Å². The highest BCUT2D eigenvalue weighted by molar-refractivity contribution is 7.18. The van der Waals surface area contributed by atoms with E-state index in [-0.39, 0.29) is 10.2 Å². The van der Waals surface area contributed by atoms with Crippen LogP contribution in [0.2, 0.25) is 0 Å². The monoisotopic (exact) mass is 235 g/mol. The van der Waals surface area contributed by atoms with Gasteiger partial charge in [-0.25, -0.2) is 9.37 Å². The van der Waals surface area contributed by atoms with Crippen LogP contribution in [0, 0.1) is 12.7 Å². The maximum absolute atomic E-state index is 13.2. The Balaban J connectivity index is 2.72. The summed E-state index contributed by atoms with van der Waals surface area (Å²) in [5.41, 5.74) is -0.971. The fourth-order valence-electron chi connectivity index (χ4n) is 1.26. The summed E-state index contributed by atoms with van der Waals surface area (Å²) in [5.74, 6) is -0.927. The van der Waals surface area contributed by atoms with Crippen molar-refractivity contribution in [3.8, 4) is 0 Å². The normalized spacial score (nSPS) is 12.3. The van der Waals surface area contributed by atoms with Gasteiger partial charge in [0, 0.05) is 0 Å². The first kappa shape index (κ1) is 10.4. The fourth-order valence-corrected chi connectivity index (χ4v) is 2.14. The summed E-state index contributed by atoms with van der Waals surface area (Å²) in [5, 5.41) is 0.545. The van der Waals surface area contributed by atoms with Gasteiger partial charge in [-0.2, -0.15) is 13.2 Å². The molecule has 1 aromatic carbocycles. The lowest BCUT2D eigenvalue weighted by Gasteiger charge is -2.05. The van der Waals surface area contributed by atoms with Gasteiger partial charge in [-0.05, 0) is 19.1 Å². The van der Waals surface area contributed by atoms with Crippen molar-refractivity contribution in [2.45, 2.75) is 13.1 Å². The second-order valence-corrected chi connectivity index (χ2v) is 4.27. The molecule has 0 unspecified atom stereocenters. The number of aromatic nitrogens is 1. The average molecular weight is 235 g/mol. The van der Waals surface area contributed by atoms with Crippen molar-refractivity contribution in [2.75, 3.05) is 0 Å². The SMILES string of the molecule is Cc1nc2c(F)cc(C(F)(F)F)cc2s1. The highest BCUT2D eigenvalue weighted by Crippen LogP contribution is 2.34. The predicted octanol–water partition coefficient (Wildman–Crippen LogP) is 3.76. The maximum Gasteiger partial charge on any atom is 0.416 e. The number of nitrogens with zero attached hydrogens (tertiary/aromatic N) is 1. The quantitative estimate of drug-likeness (QED) is 0.633. The molecule has 0 atom stereocenters. The van der Waals surface area contributed by atoms with E-state index in [2.05, 4.69) is 4.98 Å². The summed E-state index contributed by atoms with van der Waals surface area (Å²) < 4.78 is 50.4. The van der Waals surface area contributed by atoms with Crippen LogP contribution in [0.4, 0.5) is 17.6 Å². The second kappa shape index (κ2) is 3.16. The van der Waals surface area contributed by atoms with Crippen LogP contribution in [0.25, 0.3) is 10.2 Å². The highest BCUT2D eigenvalue weighted by Gasteiger charge is 2.32. The van der Waals surface area contributed by atoms with Crippen molar-refractivity contribution < 1.29 is 17.6 Å². The van der Waals surface area contributed by atoms with Crippen LogP contribution in [-0.2, 0) is 6.18 Å². The van der Waals surface area contributed by atoms with E-state index in [0.29, 0.717) is 11.1 Å². The molecule has 0 saturated carbocycles. The molecular formula is C9H5F4NS. The molecule has 0 aliphatic rings. The maximum atomic E-state index is 13.2. The lowest BCUT2D eigenvalue weighted by molar-refractivity contribution is -0.137. The van der Waals surface area contributed by atoms with Crippen LogP contribution in [0.5, 0.6) is 0 Å². The number of halogens is 4. The van der Waals surface area contributed by atoms with E-state index >= 15 is 0 Å². The summed E-state index contributed by atoms with van der Waals surface area (Å²) in [6.45, 7) is 1.62. The molecule has 0 fully saturated rings. The second-order valence-electron chi connectivity index (χ2n) is 3.04. The number of hydrogen-bond acceptors (Lipinski definition) is 2. The smallest absolute Gasteiger partial charge is 0.238 e. The summed E-state index contributed by atoms with van der Waals surface area (Å²) >= 11 is 1.05. The molecule has 80 valence electrons. The average Bonchev–Trinajstić information content (AvgIpc) is 2.44. The summed E-state index contributed by atoms with van der Waals surface area (Å²) in [7, 11) is 0. The third kappa shape index (κ3) is 1.81. The first-order valence-electron chi connectivity index (χ1n) is 4.02. The summed E-state index contributed by atoms with van der Waals surface area (Å²) in [6, 6.07) is 1.39. The minimum absolute atomic E-state index is 0.00509. The molecule has 6 heteroatoms. The number of fused-ring (bicyclic) bond motifs is 1. The Kier molecular flexibility index (Phi) is 2.18. The van der Waals surface area contributed by atoms with E-state index < -0.39 is 17.6 Å². The Labute approximate surface area is 86.4 Å². The Bertz CT molecular complexity index is 515. The Morgan fingerprint density at radius 1 is 1.27 bits per heavy atom. The van der Waals surface area contributed by atoms with Crippen molar-refractivity contribution in [1.29, 1.82) is 0 Å². The molecule has 0 aliphatic heterocycles. The van der Waals surface area contributed by atoms with Crippen molar-refractivity contribution in [2.24, 2.45) is 0 Å². The standard InChI is InChI=1S/C9H5F4NS/c1-4-14-8-6(10)2-5(9(11,12)13)3-7(8)15-4/h2-3H,1H3. The zero-order valence-corrected chi connectivity index (χ0v) is 8.34. The van der Waals surface area contributed by atoms with E-state index in [1.54, 1.807) is 6.92 Å². The van der Waals surface area contributed by atoms with Crippen molar-refractivity contribution in [3.05, 3.63) is 28.5 Å². The van der Waals surface area contributed by atoms with Crippen LogP contribution < -0.4 is 0 Å². The Morgan fingerprint density at radius 2 is 1.93 bits per heavy atom. The van der Waals surface area contributed by atoms with E-state index in [9.17, 15) is 17.6 Å². The van der Waals surface area contributed by atoms with Crippen molar-refractivity contribution in [1.82, 2.24) is 4.98 Å². The van der Waals surface area contributed by atoms with E-state index in [4.69, 9.17) is 0 Å². The van der Waals surface area contributed by atoms with Gasteiger partial charge in [0.2, 0.25) is 0 Å². The largest absolute Gasteiger partial charge is 0.416 e. The third-order valence-corrected chi connectivity index (χ3v) is 2.80. The fraction of sp³-hybridized carbons (Fsp3) is 0.222. The van der Waals surface area contributed by atoms with Gasteiger partial charge in [0.1, 0.15) is 5.52 Å². The van der Waals surface area contributed by atoms with Gasteiger partial charge in [0.05, 0.1) is 15.3 Å². The molecule has 0 saturated heterocycles. The van der Waals surface area contributed by atoms with Gasteiger partial charge < -0.3 is 0 Å². The molecule has 1 aromatic heterocycles. The topological polar surface area (TPSA) is 12.9 Å². The minimum atomic E-state index is -4.52. The third-order valence-electron chi connectivity index (χ3n) is 1.88. The van der Waals surface area contributed by atoms with Crippen LogP contribution in [0.1, 0.15) is 10.6 Å².